The van der Waals surface area contributed by atoms with Gasteiger partial charge in [-0.3, -0.25) is 9.59 Å². The number of carbonyl (C=O) groups excluding carboxylic acids is 3. The number of nitrogens with one attached hydrogen (secondary N) is 1. The Morgan fingerprint density at radius 2 is 1.86 bits per heavy atom. The molecule has 1 aliphatic rings. The molecule has 0 saturated carbocycles. The van der Waals surface area contributed by atoms with E-state index < -0.39 is 17.5 Å². The van der Waals surface area contributed by atoms with Crippen LogP contribution in [0.5, 0.6) is 0 Å². The third kappa shape index (κ3) is 3.98. The van der Waals surface area contributed by atoms with Crippen LogP contribution in [-0.4, -0.2) is 30.4 Å². The Morgan fingerprint density at radius 1 is 1.14 bits per heavy atom. The van der Waals surface area contributed by atoms with E-state index in [4.69, 9.17) is 4.42 Å². The van der Waals surface area contributed by atoms with Gasteiger partial charge >= 0.3 is 5.97 Å². The summed E-state index contributed by atoms with van der Waals surface area (Å²) in [5.74, 6) is -1.90. The molecule has 7 heteroatoms. The molecule has 3 rings (SSSR count). The minimum atomic E-state index is -0.715. The van der Waals surface area contributed by atoms with E-state index in [0.29, 0.717) is 6.54 Å². The highest BCUT2D eigenvalue weighted by atomic mass is 16.5. The number of furan rings is 1. The molecular formula is C21H18N2O5. The number of ether oxygens (including phenoxy) is 1. The molecule has 1 aromatic carbocycles. The molecule has 28 heavy (non-hydrogen) atoms. The molecule has 1 aromatic heterocycles. The first kappa shape index (κ1) is 19.0. The molecule has 1 heterocycles. The molecule has 0 fully saturated rings. The summed E-state index contributed by atoms with van der Waals surface area (Å²) in [4.78, 5) is 36.2. The largest absolute Gasteiger partial charge is 0.463 e. The van der Waals surface area contributed by atoms with Gasteiger partial charge in [-0.25, -0.2) is 4.79 Å². The van der Waals surface area contributed by atoms with Crippen LogP contribution in [0.3, 0.4) is 0 Å². The van der Waals surface area contributed by atoms with Crippen molar-refractivity contribution in [3.63, 3.8) is 0 Å². The summed E-state index contributed by atoms with van der Waals surface area (Å²) in [7, 11) is 1.23. The first-order chi connectivity index (χ1) is 13.5. The van der Waals surface area contributed by atoms with Crippen molar-refractivity contribution in [3.05, 3.63) is 83.3 Å². The van der Waals surface area contributed by atoms with Gasteiger partial charge in [-0.15, -0.1) is 0 Å². The normalized spacial score (nSPS) is 14.7. The second-order valence-corrected chi connectivity index (χ2v) is 6.02. The number of rotatable bonds is 6. The van der Waals surface area contributed by atoms with Crippen molar-refractivity contribution in [2.24, 2.45) is 5.10 Å². The lowest BCUT2D eigenvalue weighted by Gasteiger charge is -2.14. The maximum atomic E-state index is 12.5. The molecule has 0 radical (unpaired) electrons. The molecule has 0 unspecified atom stereocenters. The van der Waals surface area contributed by atoms with Crippen molar-refractivity contribution in [3.8, 4) is 0 Å². The Labute approximate surface area is 161 Å². The topological polar surface area (TPSA) is 98.0 Å². The molecule has 142 valence electrons. The molecule has 0 amide bonds. The smallest absolute Gasteiger partial charge is 0.373 e. The predicted octanol–water partition coefficient (Wildman–Crippen LogP) is 2.58. The number of hydrogen-bond acceptors (Lipinski definition) is 7. The fourth-order valence-electron chi connectivity index (χ4n) is 2.63. The predicted molar refractivity (Wildman–Crippen MR) is 102 cm³/mol. The summed E-state index contributed by atoms with van der Waals surface area (Å²) in [5.41, 5.74) is 4.32. The molecular weight excluding hydrogens is 360 g/mol. The lowest BCUT2D eigenvalue weighted by atomic mass is 9.90. The van der Waals surface area contributed by atoms with Crippen molar-refractivity contribution in [1.82, 2.24) is 5.43 Å². The number of nitrogens with zero attached hydrogens (tertiary/aromatic N) is 1. The van der Waals surface area contributed by atoms with Crippen LogP contribution >= 0.6 is 0 Å². The van der Waals surface area contributed by atoms with Crippen LogP contribution in [0.1, 0.15) is 28.3 Å². The monoisotopic (exact) mass is 378 g/mol. The van der Waals surface area contributed by atoms with Gasteiger partial charge in [0.2, 0.25) is 17.3 Å². The number of ketones is 2. The lowest BCUT2D eigenvalue weighted by molar-refractivity contribution is -0.132. The van der Waals surface area contributed by atoms with Crippen molar-refractivity contribution in [2.45, 2.75) is 13.0 Å². The first-order valence-corrected chi connectivity index (χ1v) is 8.51. The third-order valence-corrected chi connectivity index (χ3v) is 4.12. The number of methoxy groups -OCH3 is 1. The van der Waals surface area contributed by atoms with E-state index in [-0.39, 0.29) is 34.8 Å². The fourth-order valence-corrected chi connectivity index (χ4v) is 2.63. The molecule has 0 spiro atoms. The van der Waals surface area contributed by atoms with E-state index in [1.54, 1.807) is 6.08 Å². The summed E-state index contributed by atoms with van der Waals surface area (Å²) < 4.78 is 10.1. The maximum absolute atomic E-state index is 12.5. The number of hydrogen-bond donors (Lipinski definition) is 1. The van der Waals surface area contributed by atoms with Crippen molar-refractivity contribution in [2.75, 3.05) is 7.11 Å². The van der Waals surface area contributed by atoms with Gasteiger partial charge in [-0.05, 0) is 24.1 Å². The highest BCUT2D eigenvalue weighted by molar-refractivity contribution is 6.56. The number of carbonyl (C=O) groups is 3. The van der Waals surface area contributed by atoms with Gasteiger partial charge < -0.3 is 14.6 Å². The number of benzene rings is 1. The Morgan fingerprint density at radius 3 is 2.57 bits per heavy atom. The molecule has 7 nitrogen and oxygen atoms in total. The zero-order chi connectivity index (χ0) is 20.1. The molecule has 0 atom stereocenters. The fraction of sp³-hybridized carbons (Fsp3) is 0.143. The van der Waals surface area contributed by atoms with Crippen LogP contribution in [-0.2, 0) is 20.9 Å². The number of hydrazone groups is 1. The summed E-state index contributed by atoms with van der Waals surface area (Å²) >= 11 is 0. The number of esters is 1. The van der Waals surface area contributed by atoms with Gasteiger partial charge in [0.15, 0.2) is 5.76 Å². The lowest BCUT2D eigenvalue weighted by Crippen LogP contribution is -2.27. The molecule has 2 aromatic rings. The van der Waals surface area contributed by atoms with E-state index in [9.17, 15) is 14.4 Å². The Hall–Kier alpha value is -3.74. The van der Waals surface area contributed by atoms with Gasteiger partial charge in [0.05, 0.1) is 19.2 Å². The molecule has 1 N–H and O–H groups in total. The van der Waals surface area contributed by atoms with Crippen LogP contribution in [0, 0.1) is 0 Å². The minimum Gasteiger partial charge on any atom is -0.463 e. The van der Waals surface area contributed by atoms with Gasteiger partial charge in [0.1, 0.15) is 5.71 Å². The second-order valence-electron chi connectivity index (χ2n) is 6.02. The van der Waals surface area contributed by atoms with Gasteiger partial charge in [0.25, 0.3) is 0 Å². The van der Waals surface area contributed by atoms with E-state index >= 15 is 0 Å². The van der Waals surface area contributed by atoms with E-state index in [0.717, 1.165) is 5.56 Å². The van der Waals surface area contributed by atoms with Crippen molar-refractivity contribution < 1.29 is 23.5 Å². The summed E-state index contributed by atoms with van der Waals surface area (Å²) in [5, 5.41) is 4.27. The van der Waals surface area contributed by atoms with Crippen LogP contribution < -0.4 is 5.43 Å². The first-order valence-electron chi connectivity index (χ1n) is 8.51. The highest BCUT2D eigenvalue weighted by Crippen LogP contribution is 2.21. The van der Waals surface area contributed by atoms with Crippen molar-refractivity contribution >= 4 is 23.2 Å². The Kier molecular flexibility index (Phi) is 5.64. The quantitative estimate of drug-likeness (QED) is 0.273. The van der Waals surface area contributed by atoms with Gasteiger partial charge in [0, 0.05) is 5.57 Å². The zero-order valence-electron chi connectivity index (χ0n) is 15.2. The van der Waals surface area contributed by atoms with Gasteiger partial charge in [-0.2, -0.15) is 5.10 Å². The standard InChI is InChI=1S/C21H18N2O5/c1-13-8-9-15(20(25)19(13)24)18(16-10-11-17(28-16)21(26)27-2)23-22-12-14-6-4-3-5-7-14/h3-7,9-11,22H,1,8,12H2,2H3. The average Bonchev–Trinajstić information content (AvgIpc) is 3.20. The Balaban J connectivity index is 1.94. The van der Waals surface area contributed by atoms with Crippen LogP contribution in [0.15, 0.2) is 75.8 Å². The molecule has 1 aliphatic carbocycles. The van der Waals surface area contributed by atoms with E-state index in [1.807, 2.05) is 30.3 Å². The van der Waals surface area contributed by atoms with Crippen LogP contribution in [0.4, 0.5) is 0 Å². The minimum absolute atomic E-state index is 0.0344. The third-order valence-electron chi connectivity index (χ3n) is 4.12. The zero-order valence-corrected chi connectivity index (χ0v) is 15.2. The van der Waals surface area contributed by atoms with E-state index in [2.05, 4.69) is 21.8 Å². The number of Topliss-reactive ketones (excluding diaryl/α,β-unsaturated/α-hetero) is 2. The highest BCUT2D eigenvalue weighted by Gasteiger charge is 2.31. The molecule has 0 aliphatic heterocycles. The summed E-state index contributed by atoms with van der Waals surface area (Å²) in [6.45, 7) is 4.00. The molecule has 0 bridgehead atoms. The van der Waals surface area contributed by atoms with Crippen molar-refractivity contribution in [1.29, 1.82) is 0 Å². The van der Waals surface area contributed by atoms with Crippen LogP contribution in [0.25, 0.3) is 0 Å². The number of allylic oxidation sites excluding steroid dienone is 3. The van der Waals surface area contributed by atoms with E-state index in [1.165, 1.54) is 19.2 Å². The second kappa shape index (κ2) is 8.30. The molecule has 0 saturated heterocycles. The maximum Gasteiger partial charge on any atom is 0.373 e. The Bertz CT molecular complexity index is 999. The van der Waals surface area contributed by atoms with Gasteiger partial charge in [-0.1, -0.05) is 43.0 Å². The van der Waals surface area contributed by atoms with Crippen LogP contribution in [0.2, 0.25) is 0 Å². The SMILES string of the molecule is C=C1CC=C(C(=NNCc2ccccc2)c2ccc(C(=O)OC)o2)C(=O)C1=O. The summed E-state index contributed by atoms with van der Waals surface area (Å²) in [6, 6.07) is 12.5. The summed E-state index contributed by atoms with van der Waals surface area (Å²) in [6.07, 6.45) is 1.82. The average molecular weight is 378 g/mol.